The van der Waals surface area contributed by atoms with Gasteiger partial charge in [0.05, 0.1) is 12.2 Å². The second-order valence-corrected chi connectivity index (χ2v) is 11.3. The molecule has 2 fully saturated rings. The van der Waals surface area contributed by atoms with E-state index in [9.17, 15) is 15.0 Å². The van der Waals surface area contributed by atoms with Crippen LogP contribution in [0.1, 0.15) is 69.8 Å². The highest BCUT2D eigenvalue weighted by Gasteiger charge is 2.63. The van der Waals surface area contributed by atoms with Crippen molar-refractivity contribution in [3.05, 3.63) is 64.8 Å². The number of aliphatic hydroxyl groups is 2. The van der Waals surface area contributed by atoms with Crippen LogP contribution < -0.4 is 0 Å². The van der Waals surface area contributed by atoms with E-state index in [0.717, 1.165) is 44.9 Å². The summed E-state index contributed by atoms with van der Waals surface area (Å²) in [5, 5.41) is 21.5. The van der Waals surface area contributed by atoms with Crippen LogP contribution in [0.5, 0.6) is 0 Å². The van der Waals surface area contributed by atoms with Crippen LogP contribution in [0.4, 0.5) is 0 Å². The summed E-state index contributed by atoms with van der Waals surface area (Å²) in [5.74, 6) is 1.44. The largest absolute Gasteiger partial charge is 0.392 e. The Labute approximate surface area is 202 Å². The number of allylic oxidation sites excluding steroid dienone is 4. The predicted octanol–water partition coefficient (Wildman–Crippen LogP) is 5.98. The molecule has 1 aromatic rings. The van der Waals surface area contributed by atoms with Crippen LogP contribution in [0, 0.1) is 17.3 Å². The Bertz CT molecular complexity index is 1020. The topological polar surface area (TPSA) is 57.5 Å². The molecule has 0 saturated heterocycles. The molecule has 0 aromatic heterocycles. The van der Waals surface area contributed by atoms with Crippen LogP contribution in [0.15, 0.2) is 64.1 Å². The molecule has 3 nitrogen and oxygen atoms in total. The number of carbonyl (C=O) groups excluding carboxylic acids is 1. The Morgan fingerprint density at radius 2 is 1.94 bits per heavy atom. The number of hydrogen-bond acceptors (Lipinski definition) is 4. The van der Waals surface area contributed by atoms with Gasteiger partial charge < -0.3 is 10.2 Å². The van der Waals surface area contributed by atoms with Gasteiger partial charge in [-0.05, 0) is 98.0 Å². The lowest BCUT2D eigenvalue weighted by molar-refractivity contribution is -0.114. The van der Waals surface area contributed by atoms with Crippen molar-refractivity contribution in [3.63, 3.8) is 0 Å². The first-order valence-corrected chi connectivity index (χ1v) is 13.8. The van der Waals surface area contributed by atoms with Gasteiger partial charge in [-0.15, -0.1) is 11.8 Å². The predicted molar refractivity (Wildman–Crippen MR) is 134 cm³/mol. The standard InChI is InChI=1S/C29H36O3S/c1-3-28-18-25(19-5-9-22(33-2)10-6-19)27-23-12-8-21(31)17-20(23)7-11-24(27)26(28)13-15-29(28,32)14-4-16-30/h4-6,9-10,14,17,24-26,30,32H,3,7-8,11-13,15-16,18H2,1-2H3/b14-4+/t24-,25+,26-,28-,29-/m0/s1. The van der Waals surface area contributed by atoms with Crippen molar-refractivity contribution in [2.75, 3.05) is 12.9 Å². The lowest BCUT2D eigenvalue weighted by atomic mass is 9.49. The molecule has 4 aliphatic carbocycles. The summed E-state index contributed by atoms with van der Waals surface area (Å²) in [4.78, 5) is 13.5. The molecular weight excluding hydrogens is 428 g/mol. The quantitative estimate of drug-likeness (QED) is 0.416. The van der Waals surface area contributed by atoms with Crippen LogP contribution in [-0.2, 0) is 4.79 Å². The van der Waals surface area contributed by atoms with Crippen molar-refractivity contribution in [1.82, 2.24) is 0 Å². The second kappa shape index (κ2) is 8.87. The normalized spacial score (nSPS) is 35.9. The SMILES string of the molecule is CC[C@]12C[C@H](c3ccc(SC)cc3)C3=C4CCC(=O)C=C4CC[C@H]3[C@@H]1CC[C@@]2(O)/C=C/CO. The van der Waals surface area contributed by atoms with Crippen LogP contribution in [-0.4, -0.2) is 34.5 Å². The summed E-state index contributed by atoms with van der Waals surface area (Å²) in [6.07, 6.45) is 14.9. The number of benzene rings is 1. The fraction of sp³-hybridized carbons (Fsp3) is 0.552. The van der Waals surface area contributed by atoms with Gasteiger partial charge in [0, 0.05) is 22.6 Å². The Morgan fingerprint density at radius 3 is 2.64 bits per heavy atom. The average Bonchev–Trinajstić information content (AvgIpc) is 3.14. The maximum atomic E-state index is 12.2. The molecule has 5 atom stereocenters. The van der Waals surface area contributed by atoms with E-state index in [0.29, 0.717) is 18.3 Å². The molecule has 33 heavy (non-hydrogen) atoms. The molecule has 0 spiro atoms. The fourth-order valence-corrected chi connectivity index (χ4v) is 8.25. The summed E-state index contributed by atoms with van der Waals surface area (Å²) in [7, 11) is 0. The number of hydrogen-bond donors (Lipinski definition) is 2. The lowest BCUT2D eigenvalue weighted by Gasteiger charge is -2.55. The van der Waals surface area contributed by atoms with Gasteiger partial charge in [-0.1, -0.05) is 36.8 Å². The smallest absolute Gasteiger partial charge is 0.156 e. The van der Waals surface area contributed by atoms with Crippen molar-refractivity contribution in [3.8, 4) is 0 Å². The van der Waals surface area contributed by atoms with Crippen molar-refractivity contribution in [1.29, 1.82) is 0 Å². The van der Waals surface area contributed by atoms with Gasteiger partial charge in [-0.25, -0.2) is 0 Å². The van der Waals surface area contributed by atoms with E-state index in [4.69, 9.17) is 0 Å². The third kappa shape index (κ3) is 3.61. The molecule has 2 N–H and O–H groups in total. The van der Waals surface area contributed by atoms with Crippen LogP contribution >= 0.6 is 11.8 Å². The lowest BCUT2D eigenvalue weighted by Crippen LogP contribution is -2.52. The number of fused-ring (bicyclic) bond motifs is 4. The minimum Gasteiger partial charge on any atom is -0.392 e. The Kier molecular flexibility index (Phi) is 6.22. The van der Waals surface area contributed by atoms with Crippen LogP contribution in [0.25, 0.3) is 0 Å². The highest BCUT2D eigenvalue weighted by molar-refractivity contribution is 7.98. The molecule has 4 heteroatoms. The van der Waals surface area contributed by atoms with E-state index < -0.39 is 5.60 Å². The van der Waals surface area contributed by atoms with Gasteiger partial charge in [-0.2, -0.15) is 0 Å². The highest BCUT2D eigenvalue weighted by Crippen LogP contribution is 2.68. The summed E-state index contributed by atoms with van der Waals surface area (Å²) in [5.41, 5.74) is 4.58. The van der Waals surface area contributed by atoms with E-state index >= 15 is 0 Å². The maximum Gasteiger partial charge on any atom is 0.156 e. The van der Waals surface area contributed by atoms with E-state index in [2.05, 4.69) is 37.4 Å². The summed E-state index contributed by atoms with van der Waals surface area (Å²) in [6.45, 7) is 2.21. The molecule has 0 radical (unpaired) electrons. The number of ketones is 1. The number of thioether (sulfide) groups is 1. The molecule has 176 valence electrons. The van der Waals surface area contributed by atoms with Crippen molar-refractivity contribution in [2.45, 2.75) is 74.7 Å². The average molecular weight is 465 g/mol. The van der Waals surface area contributed by atoms with Gasteiger partial charge in [0.1, 0.15) is 0 Å². The molecule has 2 saturated carbocycles. The first-order chi connectivity index (χ1) is 16.0. The Morgan fingerprint density at radius 1 is 1.15 bits per heavy atom. The first kappa shape index (κ1) is 23.1. The van der Waals surface area contributed by atoms with Gasteiger partial charge in [0.25, 0.3) is 0 Å². The fourth-order valence-electron chi connectivity index (χ4n) is 7.85. The number of rotatable bonds is 5. The van der Waals surface area contributed by atoms with Crippen LogP contribution in [0.3, 0.4) is 0 Å². The zero-order valence-corrected chi connectivity index (χ0v) is 20.7. The van der Waals surface area contributed by atoms with E-state index in [1.807, 2.05) is 12.2 Å². The summed E-state index contributed by atoms with van der Waals surface area (Å²) < 4.78 is 0. The molecule has 0 bridgehead atoms. The summed E-state index contributed by atoms with van der Waals surface area (Å²) in [6, 6.07) is 9.02. The number of aliphatic hydroxyl groups excluding tert-OH is 1. The zero-order chi connectivity index (χ0) is 23.2. The molecular formula is C29H36O3S. The van der Waals surface area contributed by atoms with Crippen LogP contribution in [0.2, 0.25) is 0 Å². The second-order valence-electron chi connectivity index (χ2n) is 10.4. The Hall–Kier alpha value is -1.62. The molecule has 5 rings (SSSR count). The monoisotopic (exact) mass is 464 g/mol. The summed E-state index contributed by atoms with van der Waals surface area (Å²) >= 11 is 1.76. The van der Waals surface area contributed by atoms with E-state index in [1.54, 1.807) is 23.4 Å². The highest BCUT2D eigenvalue weighted by atomic mass is 32.2. The van der Waals surface area contributed by atoms with Gasteiger partial charge in [-0.3, -0.25) is 4.79 Å². The molecule has 0 amide bonds. The molecule has 0 aliphatic heterocycles. The third-order valence-corrected chi connectivity index (χ3v) is 10.0. The maximum absolute atomic E-state index is 12.2. The molecule has 4 aliphatic rings. The van der Waals surface area contributed by atoms with Gasteiger partial charge in [0.2, 0.25) is 0 Å². The van der Waals surface area contributed by atoms with Crippen molar-refractivity contribution in [2.24, 2.45) is 17.3 Å². The third-order valence-electron chi connectivity index (χ3n) is 9.30. The molecule has 1 aromatic carbocycles. The van der Waals surface area contributed by atoms with E-state index in [-0.39, 0.29) is 23.7 Å². The number of carbonyl (C=O) groups is 1. The molecule has 0 heterocycles. The van der Waals surface area contributed by atoms with Gasteiger partial charge in [0.15, 0.2) is 5.78 Å². The van der Waals surface area contributed by atoms with Crippen molar-refractivity contribution >= 4 is 17.5 Å². The van der Waals surface area contributed by atoms with Gasteiger partial charge >= 0.3 is 0 Å². The Balaban J connectivity index is 1.68. The first-order valence-electron chi connectivity index (χ1n) is 12.6. The molecule has 0 unspecified atom stereocenters. The van der Waals surface area contributed by atoms with Crippen molar-refractivity contribution < 1.29 is 15.0 Å². The van der Waals surface area contributed by atoms with E-state index in [1.165, 1.54) is 21.6 Å². The minimum atomic E-state index is -0.874. The minimum absolute atomic E-state index is 0.0345. The zero-order valence-electron chi connectivity index (χ0n) is 19.8.